The van der Waals surface area contributed by atoms with Crippen LogP contribution in [-0.2, 0) is 5.66 Å². The molecule has 6 heteroatoms. The van der Waals surface area contributed by atoms with Gasteiger partial charge in [-0.2, -0.15) is 5.43 Å². The number of anilines is 1. The van der Waals surface area contributed by atoms with Crippen LogP contribution in [0.1, 0.15) is 18.9 Å². The van der Waals surface area contributed by atoms with Crippen LogP contribution in [0.5, 0.6) is 0 Å². The fourth-order valence-electron chi connectivity index (χ4n) is 2.52. The predicted octanol–water partition coefficient (Wildman–Crippen LogP) is 4.46. The molecule has 22 heavy (non-hydrogen) atoms. The lowest BCUT2D eigenvalue weighted by atomic mass is 9.98. The summed E-state index contributed by atoms with van der Waals surface area (Å²) < 4.78 is 0. The maximum absolute atomic E-state index is 5.99. The van der Waals surface area contributed by atoms with Gasteiger partial charge in [-0.15, -0.1) is 0 Å². The van der Waals surface area contributed by atoms with Crippen molar-refractivity contribution in [3.05, 3.63) is 64.1 Å². The van der Waals surface area contributed by atoms with Crippen LogP contribution in [0, 0.1) is 0 Å². The molecular formula is C16H15Cl2N3S. The molecule has 0 aliphatic carbocycles. The van der Waals surface area contributed by atoms with Crippen molar-refractivity contribution in [2.24, 2.45) is 0 Å². The van der Waals surface area contributed by atoms with Crippen LogP contribution in [0.2, 0.25) is 10.0 Å². The second-order valence-electron chi connectivity index (χ2n) is 5.12. The van der Waals surface area contributed by atoms with E-state index in [0.717, 1.165) is 17.7 Å². The van der Waals surface area contributed by atoms with Gasteiger partial charge in [-0.05, 0) is 60.6 Å². The Hall–Kier alpha value is -1.33. The molecule has 0 bridgehead atoms. The smallest absolute Gasteiger partial charge is 0.190 e. The van der Waals surface area contributed by atoms with E-state index in [-0.39, 0.29) is 0 Å². The van der Waals surface area contributed by atoms with Crippen molar-refractivity contribution in [1.82, 2.24) is 10.7 Å². The summed E-state index contributed by atoms with van der Waals surface area (Å²) in [6.07, 6.45) is 0.818. The summed E-state index contributed by atoms with van der Waals surface area (Å²) >= 11 is 17.4. The molecule has 1 aliphatic rings. The van der Waals surface area contributed by atoms with Crippen LogP contribution >= 0.6 is 35.4 Å². The summed E-state index contributed by atoms with van der Waals surface area (Å²) in [5.41, 5.74) is 5.05. The van der Waals surface area contributed by atoms with Gasteiger partial charge in [0.1, 0.15) is 5.66 Å². The van der Waals surface area contributed by atoms with Crippen LogP contribution in [0.15, 0.2) is 48.5 Å². The number of rotatable bonds is 3. The monoisotopic (exact) mass is 351 g/mol. The van der Waals surface area contributed by atoms with Gasteiger partial charge in [0.15, 0.2) is 5.11 Å². The number of hydrogen-bond donors (Lipinski definition) is 2. The maximum Gasteiger partial charge on any atom is 0.190 e. The average Bonchev–Trinajstić information content (AvgIpc) is 2.87. The van der Waals surface area contributed by atoms with Crippen molar-refractivity contribution < 1.29 is 0 Å². The molecule has 2 N–H and O–H groups in total. The van der Waals surface area contributed by atoms with Crippen LogP contribution in [0.4, 0.5) is 5.69 Å². The highest BCUT2D eigenvalue weighted by atomic mass is 35.5. The molecule has 0 aromatic heterocycles. The van der Waals surface area contributed by atoms with Gasteiger partial charge in [0.25, 0.3) is 0 Å². The number of thiocarbonyl (C=S) groups is 1. The van der Waals surface area contributed by atoms with Gasteiger partial charge in [0.05, 0.1) is 5.69 Å². The number of nitrogens with one attached hydrogen (secondary N) is 2. The van der Waals surface area contributed by atoms with E-state index >= 15 is 0 Å². The Balaban J connectivity index is 1.94. The van der Waals surface area contributed by atoms with E-state index in [1.54, 1.807) is 0 Å². The topological polar surface area (TPSA) is 27.3 Å². The van der Waals surface area contributed by atoms with Gasteiger partial charge in [0, 0.05) is 10.0 Å². The van der Waals surface area contributed by atoms with E-state index < -0.39 is 5.66 Å². The minimum Gasteiger partial charge on any atom is -0.338 e. The van der Waals surface area contributed by atoms with Gasteiger partial charge < -0.3 is 5.32 Å². The van der Waals surface area contributed by atoms with Crippen molar-refractivity contribution in [1.29, 1.82) is 0 Å². The molecule has 1 aliphatic heterocycles. The Labute approximate surface area is 145 Å². The van der Waals surface area contributed by atoms with Crippen LogP contribution in [0.25, 0.3) is 0 Å². The maximum atomic E-state index is 5.99. The van der Waals surface area contributed by atoms with E-state index in [1.807, 2.05) is 53.5 Å². The van der Waals surface area contributed by atoms with Crippen LogP contribution < -0.4 is 15.8 Å². The van der Waals surface area contributed by atoms with Gasteiger partial charge in [0.2, 0.25) is 0 Å². The quantitative estimate of drug-likeness (QED) is 0.798. The lowest BCUT2D eigenvalue weighted by molar-refractivity contribution is 0.337. The number of halogens is 2. The van der Waals surface area contributed by atoms with E-state index in [2.05, 4.69) is 17.7 Å². The second-order valence-corrected chi connectivity index (χ2v) is 6.38. The third kappa shape index (κ3) is 2.79. The molecule has 0 saturated carbocycles. The molecule has 2 aromatic carbocycles. The molecule has 2 aromatic rings. The first-order valence-corrected chi connectivity index (χ1v) is 8.12. The van der Waals surface area contributed by atoms with E-state index in [1.165, 1.54) is 0 Å². The minimum atomic E-state index is -0.443. The normalized spacial score (nSPS) is 21.0. The molecule has 0 spiro atoms. The first-order chi connectivity index (χ1) is 10.5. The highest BCUT2D eigenvalue weighted by Crippen LogP contribution is 2.30. The number of hydrazine groups is 1. The summed E-state index contributed by atoms with van der Waals surface area (Å²) in [6, 6.07) is 15.3. The summed E-state index contributed by atoms with van der Waals surface area (Å²) in [7, 11) is 0. The SMILES string of the molecule is CCC1(c2ccc(Cl)cc2)NC(=S)N(c2ccc(Cl)cc2)N1. The Kier molecular flexibility index (Phi) is 4.28. The highest BCUT2D eigenvalue weighted by Gasteiger charge is 2.40. The van der Waals surface area contributed by atoms with Crippen molar-refractivity contribution in [2.45, 2.75) is 19.0 Å². The van der Waals surface area contributed by atoms with E-state index in [0.29, 0.717) is 15.2 Å². The van der Waals surface area contributed by atoms with Gasteiger partial charge in [-0.1, -0.05) is 42.3 Å². The molecule has 114 valence electrons. The first-order valence-electron chi connectivity index (χ1n) is 6.96. The van der Waals surface area contributed by atoms with Gasteiger partial charge >= 0.3 is 0 Å². The fraction of sp³-hybridized carbons (Fsp3) is 0.188. The van der Waals surface area contributed by atoms with Gasteiger partial charge in [-0.25, -0.2) is 5.01 Å². The Morgan fingerprint density at radius 3 is 2.09 bits per heavy atom. The molecule has 0 radical (unpaired) electrons. The molecule has 1 atom stereocenters. The van der Waals surface area contributed by atoms with E-state index in [9.17, 15) is 0 Å². The molecule has 3 rings (SSSR count). The van der Waals surface area contributed by atoms with E-state index in [4.69, 9.17) is 35.4 Å². The molecule has 1 fully saturated rings. The molecular weight excluding hydrogens is 337 g/mol. The first kappa shape index (κ1) is 15.6. The highest BCUT2D eigenvalue weighted by molar-refractivity contribution is 7.80. The number of nitrogens with zero attached hydrogens (tertiary/aromatic N) is 1. The fourth-order valence-corrected chi connectivity index (χ4v) is 3.10. The number of benzene rings is 2. The van der Waals surface area contributed by atoms with Crippen molar-refractivity contribution in [3.8, 4) is 0 Å². The Morgan fingerprint density at radius 2 is 1.55 bits per heavy atom. The van der Waals surface area contributed by atoms with Gasteiger partial charge in [-0.3, -0.25) is 0 Å². The lowest BCUT2D eigenvalue weighted by Crippen LogP contribution is -2.47. The summed E-state index contributed by atoms with van der Waals surface area (Å²) in [6.45, 7) is 2.10. The van der Waals surface area contributed by atoms with Crippen molar-refractivity contribution >= 4 is 46.2 Å². The Morgan fingerprint density at radius 1 is 1.00 bits per heavy atom. The van der Waals surface area contributed by atoms with Crippen molar-refractivity contribution in [3.63, 3.8) is 0 Å². The minimum absolute atomic E-state index is 0.443. The van der Waals surface area contributed by atoms with Crippen LogP contribution in [-0.4, -0.2) is 5.11 Å². The third-order valence-corrected chi connectivity index (χ3v) is 4.57. The third-order valence-electron chi connectivity index (χ3n) is 3.78. The lowest BCUT2D eigenvalue weighted by Gasteiger charge is -2.29. The largest absolute Gasteiger partial charge is 0.338 e. The average molecular weight is 352 g/mol. The zero-order valence-corrected chi connectivity index (χ0v) is 14.3. The summed E-state index contributed by atoms with van der Waals surface area (Å²) in [4.78, 5) is 0. The molecule has 0 amide bonds. The molecule has 3 nitrogen and oxygen atoms in total. The standard InChI is InChI=1S/C16H15Cl2N3S/c1-2-16(11-3-5-12(17)6-4-11)19-15(22)21(20-16)14-9-7-13(18)8-10-14/h3-10,20H,2H2,1H3,(H,19,22). The predicted molar refractivity (Wildman–Crippen MR) is 96.2 cm³/mol. The molecule has 1 saturated heterocycles. The zero-order chi connectivity index (χ0) is 15.7. The summed E-state index contributed by atoms with van der Waals surface area (Å²) in [5, 5.41) is 7.28. The Bertz CT molecular complexity index is 688. The zero-order valence-electron chi connectivity index (χ0n) is 11.9. The molecule has 1 unspecified atom stereocenters. The number of hydrogen-bond acceptors (Lipinski definition) is 2. The molecule has 1 heterocycles. The van der Waals surface area contributed by atoms with Crippen molar-refractivity contribution in [2.75, 3.05) is 5.01 Å². The second kappa shape index (κ2) is 6.05. The van der Waals surface area contributed by atoms with Crippen LogP contribution in [0.3, 0.4) is 0 Å². The summed E-state index contributed by atoms with van der Waals surface area (Å²) in [5.74, 6) is 0.